The van der Waals surface area contributed by atoms with Crippen LogP contribution in [0.3, 0.4) is 0 Å². The number of fused-ring (bicyclic) bond motifs is 1. The second-order valence-electron chi connectivity index (χ2n) is 6.80. The Morgan fingerprint density at radius 3 is 2.50 bits per heavy atom. The van der Waals surface area contributed by atoms with Crippen LogP contribution >= 0.6 is 0 Å². The lowest BCUT2D eigenvalue weighted by Crippen LogP contribution is -2.03. The molecule has 2 heterocycles. The van der Waals surface area contributed by atoms with Gasteiger partial charge in [-0.25, -0.2) is 15.0 Å². The number of aryl methyl sites for hydroxylation is 1. The summed E-state index contributed by atoms with van der Waals surface area (Å²) >= 11 is 0. The molecule has 5 heteroatoms. The zero-order valence-corrected chi connectivity index (χ0v) is 15.9. The summed E-state index contributed by atoms with van der Waals surface area (Å²) in [6.45, 7) is 1.80. The van der Waals surface area contributed by atoms with E-state index in [0.717, 1.165) is 33.7 Å². The van der Waals surface area contributed by atoms with E-state index in [2.05, 4.69) is 9.97 Å². The second kappa shape index (κ2) is 7.56. The molecule has 0 fully saturated rings. The molecule has 0 atom stereocenters. The minimum absolute atomic E-state index is 0.518. The largest absolute Gasteiger partial charge is 0.334 e. The van der Waals surface area contributed by atoms with Crippen LogP contribution in [0.4, 0.5) is 0 Å². The highest BCUT2D eigenvalue weighted by Gasteiger charge is 2.08. The number of para-hydroxylation sites is 1. The van der Waals surface area contributed by atoms with Gasteiger partial charge >= 0.3 is 0 Å². The highest BCUT2D eigenvalue weighted by Crippen LogP contribution is 2.20. The first-order chi connectivity index (χ1) is 13.6. The van der Waals surface area contributed by atoms with Crippen molar-refractivity contribution in [3.8, 4) is 11.3 Å². The predicted octanol–water partition coefficient (Wildman–Crippen LogP) is 4.78. The normalized spacial score (nSPS) is 11.4. The number of imidazole rings is 1. The maximum atomic E-state index is 7.83. The molecular formula is C23H21N5. The Kier molecular flexibility index (Phi) is 4.81. The fraction of sp³-hybridized carbons (Fsp3) is 0.130. The third-order valence-corrected chi connectivity index (χ3v) is 4.50. The number of nitrogens with zero attached hydrogens (tertiary/aromatic N) is 4. The van der Waals surface area contributed by atoms with Crippen molar-refractivity contribution in [2.45, 2.75) is 13.3 Å². The van der Waals surface area contributed by atoms with Crippen molar-refractivity contribution in [3.63, 3.8) is 0 Å². The van der Waals surface area contributed by atoms with E-state index in [0.29, 0.717) is 18.0 Å². The molecule has 1 N–H and O–H groups in total. The van der Waals surface area contributed by atoms with Crippen LogP contribution in [0.15, 0.2) is 60.8 Å². The van der Waals surface area contributed by atoms with Gasteiger partial charge in [0.1, 0.15) is 5.82 Å². The van der Waals surface area contributed by atoms with Crippen molar-refractivity contribution < 1.29 is 0 Å². The van der Waals surface area contributed by atoms with Gasteiger partial charge in [0.2, 0.25) is 0 Å². The van der Waals surface area contributed by atoms with Crippen LogP contribution in [-0.2, 0) is 13.5 Å². The van der Waals surface area contributed by atoms with Crippen molar-refractivity contribution in [2.75, 3.05) is 0 Å². The molecule has 0 amide bonds. The van der Waals surface area contributed by atoms with Gasteiger partial charge in [0.05, 0.1) is 16.9 Å². The summed E-state index contributed by atoms with van der Waals surface area (Å²) in [6, 6.07) is 18.0. The van der Waals surface area contributed by atoms with Gasteiger partial charge in [-0.2, -0.15) is 0 Å². The van der Waals surface area contributed by atoms with E-state index in [1.807, 2.05) is 84.6 Å². The smallest absolute Gasteiger partial charge is 0.152 e. The Labute approximate surface area is 163 Å². The maximum absolute atomic E-state index is 7.83. The van der Waals surface area contributed by atoms with Crippen LogP contribution in [0.25, 0.3) is 34.3 Å². The Bertz CT molecular complexity index is 1170. The van der Waals surface area contributed by atoms with Crippen molar-refractivity contribution in [3.05, 3.63) is 78.1 Å². The van der Waals surface area contributed by atoms with Crippen LogP contribution in [-0.4, -0.2) is 25.2 Å². The van der Waals surface area contributed by atoms with E-state index in [4.69, 9.17) is 10.4 Å². The monoisotopic (exact) mass is 367 g/mol. The Balaban J connectivity index is 1.69. The van der Waals surface area contributed by atoms with Crippen LogP contribution in [0.1, 0.15) is 24.3 Å². The molecule has 28 heavy (non-hydrogen) atoms. The van der Waals surface area contributed by atoms with Gasteiger partial charge in [0, 0.05) is 36.3 Å². The van der Waals surface area contributed by atoms with E-state index in [9.17, 15) is 0 Å². The molecule has 0 aliphatic rings. The molecule has 0 aliphatic carbocycles. The number of hydrogen-bond acceptors (Lipinski definition) is 4. The van der Waals surface area contributed by atoms with E-state index in [-0.39, 0.29) is 0 Å². The van der Waals surface area contributed by atoms with Gasteiger partial charge in [-0.15, -0.1) is 0 Å². The Hall–Kier alpha value is -3.60. The molecule has 4 aromatic rings. The van der Waals surface area contributed by atoms with Crippen molar-refractivity contribution in [1.29, 1.82) is 5.41 Å². The topological polar surface area (TPSA) is 67.5 Å². The molecule has 0 aliphatic heterocycles. The van der Waals surface area contributed by atoms with E-state index < -0.39 is 0 Å². The number of nitrogens with one attached hydrogen (secondary N) is 1. The standard InChI is InChI=1S/C23H21N5/c1-16(24)14-20-18-10-6-7-11-19(18)25-22(26-20)12-13-23-27-21(15-28(23)2)17-8-4-3-5-9-17/h3-13,15,24H,14H2,1-2H3. The van der Waals surface area contributed by atoms with E-state index in [1.54, 1.807) is 6.92 Å². The molecular weight excluding hydrogens is 346 g/mol. The fourth-order valence-electron chi connectivity index (χ4n) is 3.16. The lowest BCUT2D eigenvalue weighted by atomic mass is 10.1. The number of benzene rings is 2. The summed E-state index contributed by atoms with van der Waals surface area (Å²) in [4.78, 5) is 14.0. The van der Waals surface area contributed by atoms with Gasteiger partial charge < -0.3 is 9.98 Å². The molecule has 138 valence electrons. The van der Waals surface area contributed by atoms with E-state index in [1.165, 1.54) is 0 Å². The van der Waals surface area contributed by atoms with Crippen molar-refractivity contribution in [1.82, 2.24) is 19.5 Å². The van der Waals surface area contributed by atoms with Gasteiger partial charge in [-0.3, -0.25) is 0 Å². The van der Waals surface area contributed by atoms with Crippen LogP contribution < -0.4 is 0 Å². The van der Waals surface area contributed by atoms with Gasteiger partial charge in [0.25, 0.3) is 0 Å². The lowest BCUT2D eigenvalue weighted by molar-refractivity contribution is 0.898. The Morgan fingerprint density at radius 2 is 1.71 bits per heavy atom. The number of rotatable bonds is 5. The van der Waals surface area contributed by atoms with Crippen LogP contribution in [0.5, 0.6) is 0 Å². The second-order valence-corrected chi connectivity index (χ2v) is 6.80. The van der Waals surface area contributed by atoms with Gasteiger partial charge in [-0.05, 0) is 25.1 Å². The summed E-state index contributed by atoms with van der Waals surface area (Å²) in [5, 5.41) is 8.83. The average Bonchev–Trinajstić information content (AvgIpc) is 3.07. The zero-order valence-electron chi connectivity index (χ0n) is 15.9. The Morgan fingerprint density at radius 1 is 0.964 bits per heavy atom. The first-order valence-electron chi connectivity index (χ1n) is 9.17. The van der Waals surface area contributed by atoms with Crippen molar-refractivity contribution >= 4 is 28.8 Å². The van der Waals surface area contributed by atoms with Crippen LogP contribution in [0, 0.1) is 5.41 Å². The minimum Gasteiger partial charge on any atom is -0.334 e. The van der Waals surface area contributed by atoms with E-state index >= 15 is 0 Å². The number of hydrogen-bond donors (Lipinski definition) is 1. The molecule has 2 aromatic carbocycles. The SMILES string of the molecule is CC(=N)Cc1nc(C=Cc2nc(-c3ccccc3)cn2C)nc2ccccc12. The zero-order chi connectivity index (χ0) is 19.5. The van der Waals surface area contributed by atoms with Crippen molar-refractivity contribution in [2.24, 2.45) is 7.05 Å². The molecule has 2 aromatic heterocycles. The first-order valence-corrected chi connectivity index (χ1v) is 9.17. The lowest BCUT2D eigenvalue weighted by Gasteiger charge is -2.06. The van der Waals surface area contributed by atoms with Gasteiger partial charge in [-0.1, -0.05) is 48.5 Å². The van der Waals surface area contributed by atoms with Gasteiger partial charge in [0.15, 0.2) is 5.82 Å². The average molecular weight is 367 g/mol. The predicted molar refractivity (Wildman–Crippen MR) is 114 cm³/mol. The highest BCUT2D eigenvalue weighted by molar-refractivity contribution is 5.88. The fourth-order valence-corrected chi connectivity index (χ4v) is 3.16. The molecule has 5 nitrogen and oxygen atoms in total. The first kappa shape index (κ1) is 17.8. The summed E-state index contributed by atoms with van der Waals surface area (Å²) in [5.74, 6) is 1.46. The molecule has 0 saturated carbocycles. The summed E-state index contributed by atoms with van der Waals surface area (Å²) in [6.07, 6.45) is 6.34. The molecule has 0 unspecified atom stereocenters. The number of aromatic nitrogens is 4. The maximum Gasteiger partial charge on any atom is 0.152 e. The third kappa shape index (κ3) is 3.74. The summed E-state index contributed by atoms with van der Waals surface area (Å²) < 4.78 is 1.99. The highest BCUT2D eigenvalue weighted by atomic mass is 15.0. The summed E-state index contributed by atoms with van der Waals surface area (Å²) in [5.41, 5.74) is 4.36. The van der Waals surface area contributed by atoms with Crippen LogP contribution in [0.2, 0.25) is 0 Å². The molecule has 0 radical (unpaired) electrons. The molecule has 0 bridgehead atoms. The molecule has 4 rings (SSSR count). The molecule has 0 spiro atoms. The summed E-state index contributed by atoms with van der Waals surface area (Å²) in [7, 11) is 1.98. The minimum atomic E-state index is 0.518. The third-order valence-electron chi connectivity index (χ3n) is 4.50. The molecule has 0 saturated heterocycles. The quantitative estimate of drug-likeness (QED) is 0.516.